The fraction of sp³-hybridized carbons (Fsp3) is 0.571. The Labute approximate surface area is 99.5 Å². The molecule has 0 saturated heterocycles. The third-order valence-electron chi connectivity index (χ3n) is 3.21. The number of nitrogens with two attached hydrogens (primary N) is 1. The second-order valence-electron chi connectivity index (χ2n) is 4.78. The molecule has 1 aromatic rings. The van der Waals surface area contributed by atoms with Gasteiger partial charge in [-0.3, -0.25) is 0 Å². The van der Waals surface area contributed by atoms with Gasteiger partial charge in [-0.1, -0.05) is 26.0 Å². The molecule has 0 aliphatic heterocycles. The summed E-state index contributed by atoms with van der Waals surface area (Å²) in [7, 11) is 2.13. The highest BCUT2D eigenvalue weighted by Crippen LogP contribution is 2.21. The van der Waals surface area contributed by atoms with Gasteiger partial charge >= 0.3 is 0 Å². The first-order valence-corrected chi connectivity index (χ1v) is 6.09. The average Bonchev–Trinajstić information content (AvgIpc) is 2.28. The smallest absolute Gasteiger partial charge is 0.0366 e. The lowest BCUT2D eigenvalue weighted by Crippen LogP contribution is -2.30. The van der Waals surface area contributed by atoms with Gasteiger partial charge in [-0.25, -0.2) is 0 Å². The largest absolute Gasteiger partial charge is 0.372 e. The number of rotatable bonds is 5. The second-order valence-corrected chi connectivity index (χ2v) is 4.78. The van der Waals surface area contributed by atoms with Gasteiger partial charge in [0.05, 0.1) is 0 Å². The third-order valence-corrected chi connectivity index (χ3v) is 3.21. The number of anilines is 1. The first-order valence-electron chi connectivity index (χ1n) is 6.09. The van der Waals surface area contributed by atoms with Crippen LogP contribution in [0.1, 0.15) is 38.7 Å². The van der Waals surface area contributed by atoms with Crippen molar-refractivity contribution in [3.63, 3.8) is 0 Å². The van der Waals surface area contributed by atoms with Crippen LogP contribution in [0.3, 0.4) is 0 Å². The van der Waals surface area contributed by atoms with E-state index in [0.29, 0.717) is 12.0 Å². The van der Waals surface area contributed by atoms with Crippen LogP contribution < -0.4 is 10.6 Å². The van der Waals surface area contributed by atoms with Gasteiger partial charge in [0.15, 0.2) is 0 Å². The Morgan fingerprint density at radius 3 is 2.12 bits per heavy atom. The molecule has 1 aromatic carbocycles. The summed E-state index contributed by atoms with van der Waals surface area (Å²) in [5, 5.41) is 0. The van der Waals surface area contributed by atoms with Gasteiger partial charge in [0.2, 0.25) is 0 Å². The first-order chi connectivity index (χ1) is 7.56. The standard InChI is InChI=1S/C14H24N2/c1-11(2)13-5-7-14(8-6-13)16(4)12(3)9-10-15/h5-8,11-12H,9-10,15H2,1-4H3. The molecule has 0 aliphatic carbocycles. The maximum atomic E-state index is 5.58. The van der Waals surface area contributed by atoms with Crippen molar-refractivity contribution < 1.29 is 0 Å². The van der Waals surface area contributed by atoms with Crippen LogP contribution in [-0.4, -0.2) is 19.6 Å². The predicted octanol–water partition coefficient (Wildman–Crippen LogP) is 2.98. The Balaban J connectivity index is 2.73. The molecule has 90 valence electrons. The van der Waals surface area contributed by atoms with Gasteiger partial charge < -0.3 is 10.6 Å². The summed E-state index contributed by atoms with van der Waals surface area (Å²) >= 11 is 0. The molecule has 0 radical (unpaired) electrons. The van der Waals surface area contributed by atoms with Crippen LogP contribution in [-0.2, 0) is 0 Å². The highest BCUT2D eigenvalue weighted by atomic mass is 15.1. The molecule has 1 atom stereocenters. The van der Waals surface area contributed by atoms with Gasteiger partial charge in [0.25, 0.3) is 0 Å². The number of benzene rings is 1. The highest BCUT2D eigenvalue weighted by Gasteiger charge is 2.09. The zero-order valence-electron chi connectivity index (χ0n) is 10.9. The van der Waals surface area contributed by atoms with Crippen molar-refractivity contribution in [2.24, 2.45) is 5.73 Å². The Morgan fingerprint density at radius 2 is 1.69 bits per heavy atom. The van der Waals surface area contributed by atoms with E-state index in [4.69, 9.17) is 5.73 Å². The summed E-state index contributed by atoms with van der Waals surface area (Å²) in [6, 6.07) is 9.32. The lowest BCUT2D eigenvalue weighted by atomic mass is 10.0. The fourth-order valence-corrected chi connectivity index (χ4v) is 1.78. The van der Waals surface area contributed by atoms with E-state index in [2.05, 4.69) is 57.0 Å². The van der Waals surface area contributed by atoms with E-state index in [0.717, 1.165) is 13.0 Å². The molecule has 0 bridgehead atoms. The van der Waals surface area contributed by atoms with E-state index in [1.807, 2.05) is 0 Å². The van der Waals surface area contributed by atoms with E-state index in [1.54, 1.807) is 0 Å². The van der Waals surface area contributed by atoms with E-state index < -0.39 is 0 Å². The van der Waals surface area contributed by atoms with Gasteiger partial charge in [0.1, 0.15) is 0 Å². The molecule has 0 spiro atoms. The minimum Gasteiger partial charge on any atom is -0.372 e. The van der Waals surface area contributed by atoms with Crippen LogP contribution in [0.5, 0.6) is 0 Å². The first kappa shape index (κ1) is 13.0. The zero-order chi connectivity index (χ0) is 12.1. The van der Waals surface area contributed by atoms with Crippen LogP contribution in [0.4, 0.5) is 5.69 Å². The topological polar surface area (TPSA) is 29.3 Å². The van der Waals surface area contributed by atoms with Crippen LogP contribution in [0.2, 0.25) is 0 Å². The van der Waals surface area contributed by atoms with Crippen LogP contribution in [0.25, 0.3) is 0 Å². The summed E-state index contributed by atoms with van der Waals surface area (Å²) in [6.45, 7) is 7.39. The quantitative estimate of drug-likeness (QED) is 0.826. The van der Waals surface area contributed by atoms with E-state index in [1.165, 1.54) is 11.3 Å². The van der Waals surface area contributed by atoms with Gasteiger partial charge in [-0.15, -0.1) is 0 Å². The van der Waals surface area contributed by atoms with Crippen LogP contribution in [0.15, 0.2) is 24.3 Å². The van der Waals surface area contributed by atoms with Crippen LogP contribution in [0, 0.1) is 0 Å². The van der Waals surface area contributed by atoms with Crippen molar-refractivity contribution in [1.82, 2.24) is 0 Å². The summed E-state index contributed by atoms with van der Waals surface area (Å²) < 4.78 is 0. The molecule has 0 aromatic heterocycles. The maximum absolute atomic E-state index is 5.58. The molecule has 0 fully saturated rings. The lowest BCUT2D eigenvalue weighted by Gasteiger charge is -2.27. The SMILES string of the molecule is CC(C)c1ccc(N(C)C(C)CCN)cc1. The summed E-state index contributed by atoms with van der Waals surface area (Å²) in [4.78, 5) is 2.29. The van der Waals surface area contributed by atoms with Crippen molar-refractivity contribution >= 4 is 5.69 Å². The van der Waals surface area contributed by atoms with Gasteiger partial charge in [-0.2, -0.15) is 0 Å². The fourth-order valence-electron chi connectivity index (χ4n) is 1.78. The minimum absolute atomic E-state index is 0.495. The Bertz CT molecular complexity index is 303. The normalized spacial score (nSPS) is 12.9. The molecule has 0 heterocycles. The molecule has 2 heteroatoms. The van der Waals surface area contributed by atoms with Crippen molar-refractivity contribution in [2.45, 2.75) is 39.2 Å². The zero-order valence-corrected chi connectivity index (χ0v) is 10.9. The van der Waals surface area contributed by atoms with E-state index in [9.17, 15) is 0 Å². The van der Waals surface area contributed by atoms with Gasteiger partial charge in [-0.05, 0) is 43.5 Å². The highest BCUT2D eigenvalue weighted by molar-refractivity contribution is 5.48. The van der Waals surface area contributed by atoms with Crippen LogP contribution >= 0.6 is 0 Å². The molecule has 1 unspecified atom stereocenters. The molecule has 2 nitrogen and oxygen atoms in total. The van der Waals surface area contributed by atoms with Crippen molar-refractivity contribution in [3.05, 3.63) is 29.8 Å². The molecular formula is C14H24N2. The summed E-state index contributed by atoms with van der Waals surface area (Å²) in [5.41, 5.74) is 8.24. The van der Waals surface area contributed by atoms with E-state index in [-0.39, 0.29) is 0 Å². The number of hydrogen-bond donors (Lipinski definition) is 1. The molecule has 1 rings (SSSR count). The molecule has 2 N–H and O–H groups in total. The second kappa shape index (κ2) is 5.90. The molecule has 16 heavy (non-hydrogen) atoms. The molecule has 0 saturated carbocycles. The predicted molar refractivity (Wildman–Crippen MR) is 72.1 cm³/mol. The maximum Gasteiger partial charge on any atom is 0.0366 e. The Kier molecular flexibility index (Phi) is 4.81. The van der Waals surface area contributed by atoms with Crippen molar-refractivity contribution in [1.29, 1.82) is 0 Å². The van der Waals surface area contributed by atoms with Gasteiger partial charge in [0, 0.05) is 18.8 Å². The number of nitrogens with zero attached hydrogens (tertiary/aromatic N) is 1. The molecule has 0 aliphatic rings. The van der Waals surface area contributed by atoms with Crippen molar-refractivity contribution in [3.8, 4) is 0 Å². The third kappa shape index (κ3) is 3.24. The minimum atomic E-state index is 0.495. The number of hydrogen-bond acceptors (Lipinski definition) is 2. The lowest BCUT2D eigenvalue weighted by molar-refractivity contribution is 0.635. The average molecular weight is 220 g/mol. The molecular weight excluding hydrogens is 196 g/mol. The summed E-state index contributed by atoms with van der Waals surface area (Å²) in [6.07, 6.45) is 1.03. The summed E-state index contributed by atoms with van der Waals surface area (Å²) in [5.74, 6) is 0.598. The van der Waals surface area contributed by atoms with Crippen molar-refractivity contribution in [2.75, 3.05) is 18.5 Å². The molecule has 0 amide bonds. The van der Waals surface area contributed by atoms with E-state index >= 15 is 0 Å². The Hall–Kier alpha value is -1.02. The monoisotopic (exact) mass is 220 g/mol. The Morgan fingerprint density at radius 1 is 1.12 bits per heavy atom.